The molecule has 7 nitrogen and oxygen atoms in total. The minimum absolute atomic E-state index is 0.0895. The molecule has 0 unspecified atom stereocenters. The molecule has 122 valence electrons. The highest BCUT2D eigenvalue weighted by atomic mass is 32.2. The van der Waals surface area contributed by atoms with Crippen molar-refractivity contribution in [3.8, 4) is 0 Å². The molecule has 1 aromatic heterocycles. The predicted octanol–water partition coefficient (Wildman–Crippen LogP) is 1.16. The predicted molar refractivity (Wildman–Crippen MR) is 81.2 cm³/mol. The van der Waals surface area contributed by atoms with Crippen LogP contribution in [0, 0.1) is 5.92 Å². The van der Waals surface area contributed by atoms with Gasteiger partial charge in [-0.1, -0.05) is 19.3 Å². The highest BCUT2D eigenvalue weighted by molar-refractivity contribution is 7.91. The Morgan fingerprint density at radius 3 is 2.55 bits per heavy atom. The molecule has 0 radical (unpaired) electrons. The fourth-order valence-electron chi connectivity index (χ4n) is 2.61. The summed E-state index contributed by atoms with van der Waals surface area (Å²) in [5.41, 5.74) is 0.183. The molecule has 0 spiro atoms. The Labute approximate surface area is 132 Å². The molecular formula is C13H18N2O5S2. The Morgan fingerprint density at radius 2 is 1.95 bits per heavy atom. The molecule has 1 heterocycles. The highest BCUT2D eigenvalue weighted by Crippen LogP contribution is 2.25. The highest BCUT2D eigenvalue weighted by Gasteiger charge is 2.31. The van der Waals surface area contributed by atoms with E-state index in [-0.39, 0.29) is 9.77 Å². The number of primary sulfonamides is 1. The maximum Gasteiger partial charge on any atom is 0.308 e. The molecular weight excluding hydrogens is 328 g/mol. The van der Waals surface area contributed by atoms with E-state index in [4.69, 9.17) is 5.14 Å². The van der Waals surface area contributed by atoms with Crippen molar-refractivity contribution in [3.05, 3.63) is 17.0 Å². The molecule has 2 atom stereocenters. The molecule has 1 aliphatic carbocycles. The zero-order chi connectivity index (χ0) is 16.3. The van der Waals surface area contributed by atoms with E-state index in [2.05, 4.69) is 5.32 Å². The Kier molecular flexibility index (Phi) is 5.20. The van der Waals surface area contributed by atoms with Gasteiger partial charge in [0.15, 0.2) is 0 Å². The fraction of sp³-hybridized carbons (Fsp3) is 0.538. The maximum absolute atomic E-state index is 12.2. The summed E-state index contributed by atoms with van der Waals surface area (Å²) in [6, 6.07) is 0.771. The van der Waals surface area contributed by atoms with Gasteiger partial charge in [0.05, 0.1) is 11.5 Å². The second-order valence-corrected chi connectivity index (χ2v) is 8.06. The molecule has 0 saturated heterocycles. The molecule has 1 saturated carbocycles. The standard InChI is InChI=1S/C13H18N2O5S2/c14-22(19,20)11-6-8(7-21-11)12(16)15-10-5-3-1-2-4-9(10)13(17)18/h6-7,9-10H,1-5H2,(H,15,16)(H,17,18)(H2,14,19,20)/t9-,10+/m1/s1. The second kappa shape index (κ2) is 6.76. The van der Waals surface area contributed by atoms with E-state index in [1.807, 2.05) is 0 Å². The molecule has 0 aliphatic heterocycles. The minimum atomic E-state index is -3.83. The molecule has 1 aliphatic rings. The zero-order valence-electron chi connectivity index (χ0n) is 11.8. The van der Waals surface area contributed by atoms with Crippen LogP contribution in [-0.2, 0) is 14.8 Å². The topological polar surface area (TPSA) is 127 Å². The van der Waals surface area contributed by atoms with E-state index in [0.29, 0.717) is 12.8 Å². The normalized spacial score (nSPS) is 22.8. The molecule has 1 aromatic rings. The van der Waals surface area contributed by atoms with E-state index in [1.165, 1.54) is 11.4 Å². The minimum Gasteiger partial charge on any atom is -0.481 e. The number of sulfonamides is 1. The van der Waals surface area contributed by atoms with E-state index in [1.54, 1.807) is 0 Å². The monoisotopic (exact) mass is 346 g/mol. The first-order chi connectivity index (χ1) is 10.3. The van der Waals surface area contributed by atoms with Gasteiger partial charge in [0.25, 0.3) is 5.91 Å². The van der Waals surface area contributed by atoms with Gasteiger partial charge in [-0.05, 0) is 18.9 Å². The van der Waals surface area contributed by atoms with Crippen LogP contribution in [0.2, 0.25) is 0 Å². The number of carbonyl (C=O) groups excluding carboxylic acids is 1. The lowest BCUT2D eigenvalue weighted by molar-refractivity contribution is -0.142. The van der Waals surface area contributed by atoms with Crippen molar-refractivity contribution in [3.63, 3.8) is 0 Å². The maximum atomic E-state index is 12.2. The Hall–Kier alpha value is -1.45. The number of rotatable bonds is 4. The van der Waals surface area contributed by atoms with Crippen LogP contribution in [0.4, 0.5) is 0 Å². The molecule has 22 heavy (non-hydrogen) atoms. The lowest BCUT2D eigenvalue weighted by Crippen LogP contribution is -2.42. The quantitative estimate of drug-likeness (QED) is 0.705. The second-order valence-electron chi connectivity index (χ2n) is 5.36. The average Bonchev–Trinajstić information content (AvgIpc) is 2.81. The summed E-state index contributed by atoms with van der Waals surface area (Å²) in [5.74, 6) is -1.99. The number of carbonyl (C=O) groups is 2. The Bertz CT molecular complexity index is 668. The van der Waals surface area contributed by atoms with Crippen molar-refractivity contribution in [1.29, 1.82) is 0 Å². The van der Waals surface area contributed by atoms with E-state index in [0.717, 1.165) is 30.6 Å². The van der Waals surface area contributed by atoms with Crippen LogP contribution in [0.3, 0.4) is 0 Å². The third kappa shape index (κ3) is 4.05. The third-order valence-electron chi connectivity index (χ3n) is 3.77. The van der Waals surface area contributed by atoms with E-state index >= 15 is 0 Å². The molecule has 0 bridgehead atoms. The van der Waals surface area contributed by atoms with E-state index in [9.17, 15) is 23.1 Å². The summed E-state index contributed by atoms with van der Waals surface area (Å²) in [5, 5.41) is 18.4. The molecule has 9 heteroatoms. The van der Waals surface area contributed by atoms with Crippen molar-refractivity contribution in [2.45, 2.75) is 42.4 Å². The smallest absolute Gasteiger partial charge is 0.308 e. The molecule has 0 aromatic carbocycles. The van der Waals surface area contributed by atoms with Gasteiger partial charge in [0.1, 0.15) is 4.21 Å². The number of hydrogen-bond acceptors (Lipinski definition) is 5. The number of nitrogens with two attached hydrogens (primary N) is 1. The van der Waals surface area contributed by atoms with Gasteiger partial charge in [-0.3, -0.25) is 9.59 Å². The molecule has 1 fully saturated rings. The summed E-state index contributed by atoms with van der Waals surface area (Å²) in [6.45, 7) is 0. The van der Waals surface area contributed by atoms with Gasteiger partial charge in [-0.2, -0.15) is 0 Å². The number of amides is 1. The largest absolute Gasteiger partial charge is 0.481 e. The van der Waals surface area contributed by atoms with Gasteiger partial charge in [-0.15, -0.1) is 11.3 Å². The first-order valence-corrected chi connectivity index (χ1v) is 9.36. The number of carboxylic acid groups (broad SMARTS) is 1. The van der Waals surface area contributed by atoms with Gasteiger partial charge < -0.3 is 10.4 Å². The van der Waals surface area contributed by atoms with Crippen molar-refractivity contribution in [2.24, 2.45) is 11.1 Å². The summed E-state index contributed by atoms with van der Waals surface area (Å²) < 4.78 is 22.4. The summed E-state index contributed by atoms with van der Waals surface area (Å²) in [7, 11) is -3.83. The Balaban J connectivity index is 2.12. The van der Waals surface area contributed by atoms with Gasteiger partial charge >= 0.3 is 5.97 Å². The average molecular weight is 346 g/mol. The number of carboxylic acids is 1. The first kappa shape index (κ1) is 16.9. The van der Waals surface area contributed by atoms with Crippen LogP contribution in [0.25, 0.3) is 0 Å². The first-order valence-electron chi connectivity index (χ1n) is 6.94. The lowest BCUT2D eigenvalue weighted by atomic mass is 9.94. The van der Waals surface area contributed by atoms with Crippen LogP contribution in [0.1, 0.15) is 42.5 Å². The van der Waals surface area contributed by atoms with Crippen LogP contribution < -0.4 is 10.5 Å². The van der Waals surface area contributed by atoms with Gasteiger partial charge in [0, 0.05) is 11.4 Å². The molecule has 1 amide bonds. The van der Waals surface area contributed by atoms with Crippen LogP contribution in [0.5, 0.6) is 0 Å². The zero-order valence-corrected chi connectivity index (χ0v) is 13.5. The summed E-state index contributed by atoms with van der Waals surface area (Å²) >= 11 is 0.868. The van der Waals surface area contributed by atoms with Crippen LogP contribution in [0.15, 0.2) is 15.7 Å². The van der Waals surface area contributed by atoms with Crippen LogP contribution in [-0.4, -0.2) is 31.4 Å². The Morgan fingerprint density at radius 1 is 1.27 bits per heavy atom. The lowest BCUT2D eigenvalue weighted by Gasteiger charge is -2.22. The van der Waals surface area contributed by atoms with Crippen molar-refractivity contribution in [2.75, 3.05) is 0 Å². The molecule has 4 N–H and O–H groups in total. The third-order valence-corrected chi connectivity index (χ3v) is 6.15. The number of aliphatic carboxylic acids is 1. The van der Waals surface area contributed by atoms with E-state index < -0.39 is 33.9 Å². The van der Waals surface area contributed by atoms with Gasteiger partial charge in [0.2, 0.25) is 10.0 Å². The van der Waals surface area contributed by atoms with Crippen molar-refractivity contribution < 1.29 is 23.1 Å². The van der Waals surface area contributed by atoms with Crippen molar-refractivity contribution >= 4 is 33.2 Å². The summed E-state index contributed by atoms with van der Waals surface area (Å²) in [6.07, 6.45) is 3.78. The van der Waals surface area contributed by atoms with Crippen molar-refractivity contribution in [1.82, 2.24) is 5.32 Å². The fourth-order valence-corrected chi connectivity index (χ4v) is 4.20. The van der Waals surface area contributed by atoms with Gasteiger partial charge in [-0.25, -0.2) is 13.6 Å². The number of thiophene rings is 1. The van der Waals surface area contributed by atoms with Crippen LogP contribution >= 0.6 is 11.3 Å². The summed E-state index contributed by atoms with van der Waals surface area (Å²) in [4.78, 5) is 23.5. The number of hydrogen-bond donors (Lipinski definition) is 3. The molecule has 2 rings (SSSR count). The number of nitrogens with one attached hydrogen (secondary N) is 1. The SMILES string of the molecule is NS(=O)(=O)c1cc(C(=O)N[C@H]2CCCCC[C@H]2C(=O)O)cs1.